The normalized spacial score (nSPS) is 15.5. The molecule has 1 atom stereocenters. The van der Waals surface area contributed by atoms with Crippen molar-refractivity contribution in [2.24, 2.45) is 0 Å². The summed E-state index contributed by atoms with van der Waals surface area (Å²) in [5, 5.41) is 3.17. The van der Waals surface area contributed by atoms with Crippen LogP contribution in [0.2, 0.25) is 0 Å². The number of sulfonamides is 1. The van der Waals surface area contributed by atoms with Crippen molar-refractivity contribution in [3.8, 4) is 17.2 Å². The molecule has 5 rings (SSSR count). The lowest BCUT2D eigenvalue weighted by Crippen LogP contribution is -2.54. The number of nitrogens with zero attached hydrogens (tertiary/aromatic N) is 2. The number of benzene rings is 3. The van der Waals surface area contributed by atoms with E-state index in [-0.39, 0.29) is 29.1 Å². The van der Waals surface area contributed by atoms with E-state index in [2.05, 4.69) is 5.32 Å². The van der Waals surface area contributed by atoms with E-state index < -0.39 is 28.5 Å². The second-order valence-electron chi connectivity index (χ2n) is 11.3. The topological polar surface area (TPSA) is 114 Å². The minimum atomic E-state index is -4.20. The summed E-state index contributed by atoms with van der Waals surface area (Å²) in [6.07, 6.45) is 5.41. The van der Waals surface area contributed by atoms with E-state index in [4.69, 9.17) is 14.2 Å². The smallest absolute Gasteiger partial charge is 0.264 e. The van der Waals surface area contributed by atoms with Crippen LogP contribution in [-0.2, 0) is 26.2 Å². The zero-order valence-electron chi connectivity index (χ0n) is 25.8. The minimum absolute atomic E-state index is 0.0362. The molecule has 45 heavy (non-hydrogen) atoms. The Labute approximate surface area is 265 Å². The molecular formula is C34H41N3O7S. The first kappa shape index (κ1) is 32.2. The van der Waals surface area contributed by atoms with Gasteiger partial charge < -0.3 is 24.4 Å². The molecule has 0 aromatic heterocycles. The van der Waals surface area contributed by atoms with Gasteiger partial charge in [-0.05, 0) is 61.2 Å². The zero-order chi connectivity index (χ0) is 31.8. The minimum Gasteiger partial charge on any atom is -0.497 e. The fourth-order valence-electron chi connectivity index (χ4n) is 5.87. The van der Waals surface area contributed by atoms with Crippen molar-refractivity contribution in [1.82, 2.24) is 10.2 Å². The summed E-state index contributed by atoms with van der Waals surface area (Å²) in [5.74, 6) is 0.754. The largest absolute Gasteiger partial charge is 0.497 e. The van der Waals surface area contributed by atoms with Crippen LogP contribution >= 0.6 is 0 Å². The van der Waals surface area contributed by atoms with Crippen LogP contribution in [0.25, 0.3) is 0 Å². The van der Waals surface area contributed by atoms with Crippen LogP contribution in [0.5, 0.6) is 17.2 Å². The molecule has 1 saturated carbocycles. The Morgan fingerprint density at radius 2 is 1.67 bits per heavy atom. The number of anilines is 1. The van der Waals surface area contributed by atoms with Gasteiger partial charge in [0.05, 0.1) is 17.7 Å². The number of carbonyl (C=O) groups excluding carboxylic acids is 2. The van der Waals surface area contributed by atoms with Crippen molar-refractivity contribution in [2.75, 3.05) is 31.2 Å². The highest BCUT2D eigenvalue weighted by molar-refractivity contribution is 7.92. The standard InChI is InChI=1S/C34H41N3O7S/c1-3-30(34(39)35-26-12-6-4-7-13-26)36(23-25-11-10-14-28(21-25)42-2)33(38)24-37(45(40,41)29-15-8-5-9-16-29)27-17-18-31-32(22-27)44-20-19-43-31/h5,8-11,14-18,21-22,26,30H,3-4,6-7,12-13,19-20,23-24H2,1-2H3,(H,35,39)/t30-/m0/s1. The van der Waals surface area contributed by atoms with Gasteiger partial charge in [-0.1, -0.05) is 56.5 Å². The van der Waals surface area contributed by atoms with E-state index in [1.54, 1.807) is 49.6 Å². The van der Waals surface area contributed by atoms with E-state index >= 15 is 0 Å². The van der Waals surface area contributed by atoms with Gasteiger partial charge in [0.25, 0.3) is 10.0 Å². The quantitative estimate of drug-likeness (QED) is 0.301. The highest BCUT2D eigenvalue weighted by atomic mass is 32.2. The lowest BCUT2D eigenvalue weighted by Gasteiger charge is -2.34. The van der Waals surface area contributed by atoms with Crippen molar-refractivity contribution >= 4 is 27.5 Å². The van der Waals surface area contributed by atoms with Gasteiger partial charge in [-0.15, -0.1) is 0 Å². The zero-order valence-corrected chi connectivity index (χ0v) is 26.6. The van der Waals surface area contributed by atoms with Crippen LogP contribution < -0.4 is 23.8 Å². The Morgan fingerprint density at radius 1 is 0.933 bits per heavy atom. The average Bonchev–Trinajstić information content (AvgIpc) is 3.07. The third kappa shape index (κ3) is 7.70. The van der Waals surface area contributed by atoms with Crippen LogP contribution in [-0.4, -0.2) is 64.1 Å². The molecule has 0 saturated heterocycles. The molecule has 3 aromatic rings. The second-order valence-corrected chi connectivity index (χ2v) is 13.2. The average molecular weight is 636 g/mol. The lowest BCUT2D eigenvalue weighted by atomic mass is 9.95. The van der Waals surface area contributed by atoms with Crippen LogP contribution in [0.3, 0.4) is 0 Å². The monoisotopic (exact) mass is 635 g/mol. The molecule has 2 amide bonds. The van der Waals surface area contributed by atoms with Crippen LogP contribution in [0.4, 0.5) is 5.69 Å². The Hall–Kier alpha value is -4.25. The molecule has 3 aromatic carbocycles. The number of carbonyl (C=O) groups is 2. The summed E-state index contributed by atoms with van der Waals surface area (Å²) in [7, 11) is -2.64. The molecule has 240 valence electrons. The molecule has 0 unspecified atom stereocenters. The van der Waals surface area contributed by atoms with E-state index in [1.807, 2.05) is 25.1 Å². The van der Waals surface area contributed by atoms with Crippen molar-refractivity contribution in [3.05, 3.63) is 78.4 Å². The third-order valence-electron chi connectivity index (χ3n) is 8.25. The van der Waals surface area contributed by atoms with Gasteiger partial charge in [-0.2, -0.15) is 0 Å². The van der Waals surface area contributed by atoms with Crippen molar-refractivity contribution in [2.45, 2.75) is 69.0 Å². The van der Waals surface area contributed by atoms with E-state index in [9.17, 15) is 18.0 Å². The summed E-state index contributed by atoms with van der Waals surface area (Å²) >= 11 is 0. The maximum atomic E-state index is 14.4. The lowest BCUT2D eigenvalue weighted by molar-refractivity contribution is -0.140. The molecule has 1 heterocycles. The Balaban J connectivity index is 1.51. The molecular weight excluding hydrogens is 594 g/mol. The van der Waals surface area contributed by atoms with Gasteiger partial charge >= 0.3 is 0 Å². The van der Waals surface area contributed by atoms with Crippen molar-refractivity contribution in [1.29, 1.82) is 0 Å². The Bertz CT molecular complexity index is 1580. The van der Waals surface area contributed by atoms with E-state index in [0.29, 0.717) is 36.9 Å². The molecule has 10 nitrogen and oxygen atoms in total. The van der Waals surface area contributed by atoms with Gasteiger partial charge in [0.2, 0.25) is 11.8 Å². The predicted octanol–water partition coefficient (Wildman–Crippen LogP) is 4.92. The van der Waals surface area contributed by atoms with Crippen LogP contribution in [0, 0.1) is 0 Å². The van der Waals surface area contributed by atoms with E-state index in [0.717, 1.165) is 42.0 Å². The molecule has 0 spiro atoms. The molecule has 1 aliphatic carbocycles. The Morgan fingerprint density at radius 3 is 2.38 bits per heavy atom. The van der Waals surface area contributed by atoms with Gasteiger partial charge in [0.1, 0.15) is 31.5 Å². The van der Waals surface area contributed by atoms with Crippen LogP contribution in [0.1, 0.15) is 51.0 Å². The SMILES string of the molecule is CC[C@@H](C(=O)NC1CCCCC1)N(Cc1cccc(OC)c1)C(=O)CN(c1ccc2c(c1)OCCO2)S(=O)(=O)c1ccccc1. The number of amides is 2. The van der Waals surface area contributed by atoms with Crippen LogP contribution in [0.15, 0.2) is 77.7 Å². The second kappa shape index (κ2) is 14.7. The summed E-state index contributed by atoms with van der Waals surface area (Å²) in [6, 6.07) is 19.3. The number of ether oxygens (including phenoxy) is 3. The Kier molecular flexibility index (Phi) is 10.5. The number of fused-ring (bicyclic) bond motifs is 1. The van der Waals surface area contributed by atoms with Gasteiger partial charge in [0.15, 0.2) is 11.5 Å². The first-order chi connectivity index (χ1) is 21.8. The highest BCUT2D eigenvalue weighted by Crippen LogP contribution is 2.36. The first-order valence-electron chi connectivity index (χ1n) is 15.5. The first-order valence-corrected chi connectivity index (χ1v) is 16.9. The van der Waals surface area contributed by atoms with Crippen molar-refractivity contribution in [3.63, 3.8) is 0 Å². The maximum Gasteiger partial charge on any atom is 0.264 e. The maximum absolute atomic E-state index is 14.4. The molecule has 11 heteroatoms. The predicted molar refractivity (Wildman–Crippen MR) is 171 cm³/mol. The highest BCUT2D eigenvalue weighted by Gasteiger charge is 2.35. The molecule has 2 aliphatic rings. The molecule has 1 N–H and O–H groups in total. The third-order valence-corrected chi connectivity index (χ3v) is 10.0. The fourth-order valence-corrected chi connectivity index (χ4v) is 7.29. The van der Waals surface area contributed by atoms with Gasteiger partial charge in [-0.3, -0.25) is 13.9 Å². The number of nitrogens with one attached hydrogen (secondary N) is 1. The number of hydrogen-bond donors (Lipinski definition) is 1. The summed E-state index contributed by atoms with van der Waals surface area (Å²) in [5.41, 5.74) is 1.00. The van der Waals surface area contributed by atoms with Gasteiger partial charge in [0, 0.05) is 18.7 Å². The fraction of sp³-hybridized carbons (Fsp3) is 0.412. The summed E-state index contributed by atoms with van der Waals surface area (Å²) in [6.45, 7) is 2.12. The number of methoxy groups -OCH3 is 1. The van der Waals surface area contributed by atoms with Crippen molar-refractivity contribution < 1.29 is 32.2 Å². The number of rotatable bonds is 12. The number of hydrogen-bond acceptors (Lipinski definition) is 7. The summed E-state index contributed by atoms with van der Waals surface area (Å²) in [4.78, 5) is 29.7. The van der Waals surface area contributed by atoms with Gasteiger partial charge in [-0.25, -0.2) is 8.42 Å². The molecule has 1 fully saturated rings. The molecule has 0 radical (unpaired) electrons. The summed E-state index contributed by atoms with van der Waals surface area (Å²) < 4.78 is 46.1. The molecule has 1 aliphatic heterocycles. The van der Waals surface area contributed by atoms with E-state index in [1.165, 1.54) is 17.0 Å². The molecule has 0 bridgehead atoms.